The van der Waals surface area contributed by atoms with E-state index in [-0.39, 0.29) is 17.6 Å². The molecule has 4 heterocycles. The number of rotatable bonds is 7. The first-order chi connectivity index (χ1) is 38.6. The van der Waals surface area contributed by atoms with Crippen molar-refractivity contribution >= 4 is 87.2 Å². The van der Waals surface area contributed by atoms with Crippen LogP contribution >= 0.6 is 0 Å². The molecule has 0 amide bonds. The fourth-order valence-corrected chi connectivity index (χ4v) is 13.9. The molecule has 0 radical (unpaired) electrons. The smallest absolute Gasteiger partial charge is 0.131 e. The topological polar surface area (TPSA) is 19.7 Å². The van der Waals surface area contributed by atoms with Crippen LogP contribution in [0.4, 0.5) is 8.78 Å². The van der Waals surface area contributed by atoms with E-state index in [1.807, 2.05) is 24.3 Å². The SMILES string of the molecule is Fc1ccccc1-c1c(-n2c3ccccc3c3ccc4c(c5ccccc5n4-c4ccccc4)c32)cc(-n2c3ccccc3c3ccc4c(c5ccccc5n4-c4ccccc4)c32)c(-c2ccccc2F)c1C1CCCCC1. The number of halogens is 2. The molecule has 1 aliphatic carbocycles. The molecule has 4 aromatic heterocycles. The molecule has 1 fully saturated rings. The van der Waals surface area contributed by atoms with Crippen molar-refractivity contribution in [3.63, 3.8) is 0 Å². The first-order valence-electron chi connectivity index (χ1n) is 27.4. The molecule has 0 atom stereocenters. The van der Waals surface area contributed by atoms with Gasteiger partial charge in [-0.1, -0.05) is 177 Å². The summed E-state index contributed by atoms with van der Waals surface area (Å²) in [6.07, 6.45) is 4.91. The maximum Gasteiger partial charge on any atom is 0.131 e. The molecule has 15 aromatic rings. The van der Waals surface area contributed by atoms with Crippen LogP contribution in [0.3, 0.4) is 0 Å². The van der Waals surface area contributed by atoms with Gasteiger partial charge in [-0.2, -0.15) is 0 Å². The predicted molar refractivity (Wildman–Crippen MR) is 320 cm³/mol. The Kier molecular flexibility index (Phi) is 10.0. The van der Waals surface area contributed by atoms with Gasteiger partial charge in [0.2, 0.25) is 0 Å². The Morgan fingerprint density at radius 1 is 0.308 bits per heavy atom. The van der Waals surface area contributed by atoms with E-state index in [2.05, 4.69) is 206 Å². The highest BCUT2D eigenvalue weighted by Gasteiger charge is 2.34. The van der Waals surface area contributed by atoms with Gasteiger partial charge in [0.1, 0.15) is 11.6 Å². The summed E-state index contributed by atoms with van der Waals surface area (Å²) in [5.74, 6) is -0.660. The van der Waals surface area contributed by atoms with E-state index >= 15 is 8.78 Å². The molecule has 0 bridgehead atoms. The summed E-state index contributed by atoms with van der Waals surface area (Å²) in [6.45, 7) is 0. The Balaban J connectivity index is 1.17. The summed E-state index contributed by atoms with van der Waals surface area (Å²) in [5, 5.41) is 8.83. The summed E-state index contributed by atoms with van der Waals surface area (Å²) in [4.78, 5) is 0. The minimum atomic E-state index is -0.318. The molecule has 1 saturated carbocycles. The molecule has 1 aliphatic rings. The van der Waals surface area contributed by atoms with E-state index in [9.17, 15) is 0 Å². The maximum atomic E-state index is 17.7. The number of fused-ring (bicyclic) bond motifs is 14. The Morgan fingerprint density at radius 2 is 0.679 bits per heavy atom. The fourth-order valence-electron chi connectivity index (χ4n) is 13.9. The molecule has 0 unspecified atom stereocenters. The molecule has 0 saturated heterocycles. The third-order valence-electron chi connectivity index (χ3n) is 17.1. The number of benzene rings is 11. The van der Waals surface area contributed by atoms with Crippen molar-refractivity contribution in [2.75, 3.05) is 0 Å². The highest BCUT2D eigenvalue weighted by Crippen LogP contribution is 2.54. The van der Waals surface area contributed by atoms with Gasteiger partial charge in [-0.3, -0.25) is 0 Å². The van der Waals surface area contributed by atoms with Crippen LogP contribution in [0.25, 0.3) is 132 Å². The van der Waals surface area contributed by atoms with Gasteiger partial charge >= 0.3 is 0 Å². The van der Waals surface area contributed by atoms with Crippen LogP contribution < -0.4 is 0 Å². The summed E-state index contributed by atoms with van der Waals surface area (Å²) in [7, 11) is 0. The first-order valence-corrected chi connectivity index (χ1v) is 27.4. The third kappa shape index (κ3) is 6.43. The van der Waals surface area contributed by atoms with Crippen LogP contribution in [-0.4, -0.2) is 18.3 Å². The zero-order valence-corrected chi connectivity index (χ0v) is 42.7. The highest BCUT2D eigenvalue weighted by molar-refractivity contribution is 6.28. The van der Waals surface area contributed by atoms with Crippen molar-refractivity contribution in [2.45, 2.75) is 38.0 Å². The fraction of sp³-hybridized carbons (Fsp3) is 0.0833. The van der Waals surface area contributed by atoms with Crippen LogP contribution in [-0.2, 0) is 0 Å². The second-order valence-electron chi connectivity index (χ2n) is 21.2. The lowest BCUT2D eigenvalue weighted by molar-refractivity contribution is 0.444. The second-order valence-corrected chi connectivity index (χ2v) is 21.2. The minimum absolute atomic E-state index is 0.0251. The monoisotopic (exact) mass is 1010 g/mol. The van der Waals surface area contributed by atoms with Crippen molar-refractivity contribution in [3.8, 4) is 45.0 Å². The van der Waals surface area contributed by atoms with E-state index in [4.69, 9.17) is 0 Å². The van der Waals surface area contributed by atoms with Crippen LogP contribution in [0.1, 0.15) is 43.6 Å². The molecule has 4 nitrogen and oxygen atoms in total. The van der Waals surface area contributed by atoms with Crippen molar-refractivity contribution < 1.29 is 8.78 Å². The van der Waals surface area contributed by atoms with Gasteiger partial charge in [0.05, 0.1) is 55.5 Å². The average molecular weight is 1010 g/mol. The van der Waals surface area contributed by atoms with Gasteiger partial charge in [-0.05, 0) is 103 Å². The molecule has 372 valence electrons. The van der Waals surface area contributed by atoms with Gasteiger partial charge < -0.3 is 18.3 Å². The van der Waals surface area contributed by atoms with Crippen molar-refractivity contribution in [3.05, 3.63) is 254 Å². The van der Waals surface area contributed by atoms with Crippen LogP contribution in [0.2, 0.25) is 0 Å². The molecule has 78 heavy (non-hydrogen) atoms. The van der Waals surface area contributed by atoms with Gasteiger partial charge in [0.15, 0.2) is 0 Å². The quantitative estimate of drug-likeness (QED) is 0.152. The Labute approximate surface area is 448 Å². The van der Waals surface area contributed by atoms with E-state index in [1.165, 1.54) is 0 Å². The molecular weight excluding hydrogens is 959 g/mol. The molecule has 0 N–H and O–H groups in total. The van der Waals surface area contributed by atoms with Crippen LogP contribution in [0.5, 0.6) is 0 Å². The first kappa shape index (κ1) is 44.7. The lowest BCUT2D eigenvalue weighted by Gasteiger charge is -2.32. The molecular formula is C72H50F2N4. The van der Waals surface area contributed by atoms with Crippen molar-refractivity contribution in [2.24, 2.45) is 0 Å². The number of nitrogens with zero attached hydrogens (tertiary/aromatic N) is 4. The predicted octanol–water partition coefficient (Wildman–Crippen LogP) is 19.7. The van der Waals surface area contributed by atoms with Gasteiger partial charge in [-0.25, -0.2) is 8.78 Å². The Bertz CT molecular complexity index is 4610. The molecule has 11 aromatic carbocycles. The van der Waals surface area contributed by atoms with Crippen LogP contribution in [0.15, 0.2) is 237 Å². The normalized spacial score (nSPS) is 13.5. The molecule has 6 heteroatoms. The maximum absolute atomic E-state index is 17.7. The summed E-state index contributed by atoms with van der Waals surface area (Å²) < 4.78 is 45.0. The van der Waals surface area contributed by atoms with E-state index in [0.29, 0.717) is 11.1 Å². The molecule has 0 aliphatic heterocycles. The van der Waals surface area contributed by atoms with Crippen molar-refractivity contribution in [1.82, 2.24) is 18.3 Å². The Hall–Kier alpha value is -9.52. The van der Waals surface area contributed by atoms with E-state index < -0.39 is 0 Å². The zero-order valence-electron chi connectivity index (χ0n) is 42.7. The largest absolute Gasteiger partial charge is 0.309 e. The number of hydrogen-bond acceptors (Lipinski definition) is 0. The summed E-state index contributed by atoms with van der Waals surface area (Å²) >= 11 is 0. The van der Waals surface area contributed by atoms with Gasteiger partial charge in [-0.15, -0.1) is 0 Å². The standard InChI is InChI=1S/C72H50F2N4/c73-56-34-16-10-30-52(56)67-64(77-58-36-18-12-28-48(58)50-40-42-62-69(71(50)77)54-32-14-20-38-60(54)75(62)46-24-6-2-7-25-46)44-65(68(53-31-11-17-35-57(53)74)66(67)45-22-4-1-5-23-45)78-59-37-19-13-29-49(59)51-41-43-63-70(72(51)78)55-33-15-21-39-61(55)76(63)47-26-8-3-9-27-47/h2-3,6-21,24-45H,1,4-5,22-23H2. The van der Waals surface area contributed by atoms with Gasteiger partial charge in [0.25, 0.3) is 0 Å². The van der Waals surface area contributed by atoms with Crippen LogP contribution in [0, 0.1) is 11.6 Å². The van der Waals surface area contributed by atoms with Gasteiger partial charge in [0, 0.05) is 76.7 Å². The third-order valence-corrected chi connectivity index (χ3v) is 17.1. The lowest BCUT2D eigenvalue weighted by atomic mass is 9.76. The summed E-state index contributed by atoms with van der Waals surface area (Å²) in [6, 6.07) is 81.9. The lowest BCUT2D eigenvalue weighted by Crippen LogP contribution is -2.14. The average Bonchev–Trinajstić information content (AvgIpc) is 4.42. The zero-order chi connectivity index (χ0) is 51.6. The number of para-hydroxylation sites is 6. The molecule has 0 spiro atoms. The number of hydrogen-bond donors (Lipinski definition) is 0. The highest BCUT2D eigenvalue weighted by atomic mass is 19.1. The van der Waals surface area contributed by atoms with E-state index in [0.717, 1.165) is 159 Å². The second kappa shape index (κ2) is 17.5. The molecule has 16 rings (SSSR count). The van der Waals surface area contributed by atoms with E-state index in [1.54, 1.807) is 24.3 Å². The number of aromatic nitrogens is 4. The summed E-state index contributed by atoms with van der Waals surface area (Å²) in [5.41, 5.74) is 15.8. The Morgan fingerprint density at radius 3 is 1.12 bits per heavy atom. The van der Waals surface area contributed by atoms with Crippen molar-refractivity contribution in [1.29, 1.82) is 0 Å². The minimum Gasteiger partial charge on any atom is -0.309 e.